The van der Waals surface area contributed by atoms with E-state index in [0.717, 1.165) is 22.4 Å². The zero-order valence-corrected chi connectivity index (χ0v) is 29.9. The average molecular weight is 687 g/mol. The second-order valence-electron chi connectivity index (χ2n) is 14.2. The van der Waals surface area contributed by atoms with Gasteiger partial charge in [0.25, 0.3) is 5.91 Å². The summed E-state index contributed by atoms with van der Waals surface area (Å²) in [6.45, 7) is 9.58. The Bertz CT molecular complexity index is 1610. The fraction of sp³-hybridized carbons (Fsp3) is 0.421. The Morgan fingerprint density at radius 3 is 2.22 bits per heavy atom. The molecule has 0 saturated carbocycles. The van der Waals surface area contributed by atoms with Gasteiger partial charge in [0.05, 0.1) is 32.1 Å². The van der Waals surface area contributed by atoms with Crippen molar-refractivity contribution in [2.45, 2.75) is 71.8 Å². The summed E-state index contributed by atoms with van der Waals surface area (Å²) in [4.78, 5) is 44.1. The lowest BCUT2D eigenvalue weighted by Gasteiger charge is -2.35. The fourth-order valence-electron chi connectivity index (χ4n) is 5.84. The Hall–Kier alpha value is -4.94. The van der Waals surface area contributed by atoms with Crippen molar-refractivity contribution in [1.29, 1.82) is 0 Å². The van der Waals surface area contributed by atoms with Crippen molar-refractivity contribution < 1.29 is 29.0 Å². The number of aliphatic hydroxyl groups is 1. The molecule has 2 aromatic carbocycles. The highest BCUT2D eigenvalue weighted by atomic mass is 16.5. The van der Waals surface area contributed by atoms with Crippen LogP contribution in [0.1, 0.15) is 45.7 Å². The molecule has 5 N–H and O–H groups in total. The van der Waals surface area contributed by atoms with E-state index in [-0.39, 0.29) is 19.0 Å². The molecular weight excluding hydrogens is 636 g/mol. The molecular formula is C38H50N6O6. The van der Waals surface area contributed by atoms with Gasteiger partial charge in [0.1, 0.15) is 12.1 Å². The minimum absolute atomic E-state index is 0.0339. The van der Waals surface area contributed by atoms with E-state index in [1.165, 1.54) is 7.11 Å². The van der Waals surface area contributed by atoms with Crippen molar-refractivity contribution >= 4 is 17.9 Å². The number of rotatable bonds is 14. The molecule has 0 fully saturated rings. The number of benzene rings is 2. The number of hydrogen-bond donors (Lipinski definition) is 5. The van der Waals surface area contributed by atoms with Gasteiger partial charge in [-0.1, -0.05) is 95.3 Å². The monoisotopic (exact) mass is 686 g/mol. The van der Waals surface area contributed by atoms with Gasteiger partial charge < -0.3 is 30.5 Å². The Balaban J connectivity index is 1.61. The lowest BCUT2D eigenvalue weighted by atomic mass is 9.85. The van der Waals surface area contributed by atoms with Crippen LogP contribution < -0.4 is 21.4 Å². The van der Waals surface area contributed by atoms with Gasteiger partial charge in [-0.05, 0) is 41.2 Å². The first kappa shape index (κ1) is 37.9. The van der Waals surface area contributed by atoms with Crippen LogP contribution in [0.4, 0.5) is 4.79 Å². The Kier molecular flexibility index (Phi) is 12.6. The number of carbonyl (C=O) groups is 3. The van der Waals surface area contributed by atoms with E-state index < -0.39 is 47.1 Å². The molecule has 4 rings (SSSR count). The van der Waals surface area contributed by atoms with Crippen molar-refractivity contribution in [3.8, 4) is 11.3 Å². The molecule has 3 amide bonds. The smallest absolute Gasteiger partial charge is 0.407 e. The summed E-state index contributed by atoms with van der Waals surface area (Å²) < 4.78 is 10.2. The zero-order valence-electron chi connectivity index (χ0n) is 29.9. The maximum absolute atomic E-state index is 13.8. The molecule has 50 heavy (non-hydrogen) atoms. The van der Waals surface area contributed by atoms with E-state index in [4.69, 9.17) is 9.47 Å². The summed E-state index contributed by atoms with van der Waals surface area (Å²) in [5.41, 5.74) is 5.35. The second-order valence-corrected chi connectivity index (χ2v) is 14.2. The summed E-state index contributed by atoms with van der Waals surface area (Å²) in [5, 5.41) is 22.3. The number of alkyl carbamates (subject to hydrolysis) is 1. The van der Waals surface area contributed by atoms with Crippen LogP contribution in [0.3, 0.4) is 0 Å². The van der Waals surface area contributed by atoms with Gasteiger partial charge in [-0.15, -0.1) is 0 Å². The lowest BCUT2D eigenvalue weighted by molar-refractivity contribution is -0.132. The maximum atomic E-state index is 13.8. The molecule has 268 valence electrons. The second kappa shape index (κ2) is 16.6. The third-order valence-corrected chi connectivity index (χ3v) is 8.65. The van der Waals surface area contributed by atoms with Gasteiger partial charge in [-0.25, -0.2) is 9.80 Å². The highest BCUT2D eigenvalue weighted by molar-refractivity contribution is 5.86. The molecule has 0 aliphatic carbocycles. The standard InChI is InChI=1S/C38H50N6O6/c1-37(2,3)32(42-36(48)50-7)34(46)40-29(21-25-13-9-8-10-14-25)30(45)24-44(43-35(47)33-38(4,5)22-31(41-33)49-6)23-26-16-18-27(19-17-26)28-15-11-12-20-39-28/h8-20,22,29-30,32-33,41,45H,21,23-24H2,1-7H3,(H,40,46)(H,42,48)(H,43,47)/t29-,30-,32+,33+/m0/s1. The van der Waals surface area contributed by atoms with Gasteiger partial charge in [0.15, 0.2) is 5.88 Å². The number of hydrazine groups is 1. The first-order valence-electron chi connectivity index (χ1n) is 16.7. The van der Waals surface area contributed by atoms with Crippen molar-refractivity contribution in [3.05, 3.63) is 102 Å². The number of hydrogen-bond acceptors (Lipinski definition) is 9. The molecule has 1 aliphatic heterocycles. The maximum Gasteiger partial charge on any atom is 0.407 e. The fourth-order valence-corrected chi connectivity index (χ4v) is 5.84. The van der Waals surface area contributed by atoms with Gasteiger partial charge in [-0.2, -0.15) is 0 Å². The van der Waals surface area contributed by atoms with Crippen LogP contribution in [-0.2, 0) is 32.0 Å². The molecule has 1 aliphatic rings. The number of aliphatic hydroxyl groups excluding tert-OH is 1. The van der Waals surface area contributed by atoms with E-state index >= 15 is 0 Å². The molecule has 0 unspecified atom stereocenters. The summed E-state index contributed by atoms with van der Waals surface area (Å²) in [6.07, 6.45) is 2.01. The molecule has 0 bridgehead atoms. The molecule has 0 spiro atoms. The quantitative estimate of drug-likeness (QED) is 0.159. The number of amides is 3. The molecule has 1 aromatic heterocycles. The van der Waals surface area contributed by atoms with Crippen LogP contribution in [0, 0.1) is 10.8 Å². The lowest BCUT2D eigenvalue weighted by Crippen LogP contribution is -2.60. The predicted molar refractivity (Wildman–Crippen MR) is 191 cm³/mol. The van der Waals surface area contributed by atoms with Gasteiger partial charge in [0, 0.05) is 30.3 Å². The Labute approximate surface area is 294 Å². The molecule has 2 heterocycles. The van der Waals surface area contributed by atoms with Gasteiger partial charge in [0.2, 0.25) is 5.91 Å². The largest absolute Gasteiger partial charge is 0.483 e. The van der Waals surface area contributed by atoms with Crippen LogP contribution in [0.15, 0.2) is 91.0 Å². The van der Waals surface area contributed by atoms with Gasteiger partial charge in [-0.3, -0.25) is 20.0 Å². The molecule has 12 nitrogen and oxygen atoms in total. The molecule has 0 radical (unpaired) electrons. The van der Waals surface area contributed by atoms with Crippen LogP contribution in [0.2, 0.25) is 0 Å². The van der Waals surface area contributed by atoms with E-state index in [1.807, 2.05) is 113 Å². The van der Waals surface area contributed by atoms with E-state index in [1.54, 1.807) is 18.3 Å². The average Bonchev–Trinajstić information content (AvgIpc) is 3.41. The first-order valence-corrected chi connectivity index (χ1v) is 16.7. The third kappa shape index (κ3) is 10.3. The highest BCUT2D eigenvalue weighted by Gasteiger charge is 2.41. The van der Waals surface area contributed by atoms with E-state index in [0.29, 0.717) is 12.3 Å². The number of aromatic nitrogens is 1. The SMILES string of the molecule is COC(=O)N[C@H](C(=O)N[C@@H](Cc1ccccc1)[C@@H](O)CN(Cc1ccc(-c2ccccn2)cc1)NC(=O)[C@H]1NC(OC)=CC1(C)C)C(C)(C)C. The molecule has 0 saturated heterocycles. The zero-order chi connectivity index (χ0) is 36.5. The minimum atomic E-state index is -1.15. The van der Waals surface area contributed by atoms with Crippen LogP contribution >= 0.6 is 0 Å². The number of pyridine rings is 1. The molecule has 12 heteroatoms. The highest BCUT2D eigenvalue weighted by Crippen LogP contribution is 2.30. The first-order chi connectivity index (χ1) is 23.7. The summed E-state index contributed by atoms with van der Waals surface area (Å²) in [6, 6.07) is 20.7. The summed E-state index contributed by atoms with van der Waals surface area (Å²) in [7, 11) is 2.77. The topological polar surface area (TPSA) is 154 Å². The predicted octanol–water partition coefficient (Wildman–Crippen LogP) is 3.93. The normalized spacial score (nSPS) is 17.1. The van der Waals surface area contributed by atoms with Gasteiger partial charge >= 0.3 is 6.09 Å². The Morgan fingerprint density at radius 2 is 1.64 bits per heavy atom. The van der Waals surface area contributed by atoms with E-state index in [2.05, 4.69) is 26.4 Å². The third-order valence-electron chi connectivity index (χ3n) is 8.65. The Morgan fingerprint density at radius 1 is 0.960 bits per heavy atom. The number of methoxy groups -OCH3 is 2. The number of nitrogens with one attached hydrogen (secondary N) is 4. The minimum Gasteiger partial charge on any atom is -0.483 e. The van der Waals surface area contributed by atoms with Crippen molar-refractivity contribution in [2.75, 3.05) is 20.8 Å². The van der Waals surface area contributed by atoms with Crippen LogP contribution in [-0.4, -0.2) is 78.0 Å². The number of nitrogens with zero attached hydrogens (tertiary/aromatic N) is 2. The van der Waals surface area contributed by atoms with E-state index in [9.17, 15) is 19.5 Å². The van der Waals surface area contributed by atoms with Crippen LogP contribution in [0.5, 0.6) is 0 Å². The van der Waals surface area contributed by atoms with Crippen molar-refractivity contribution in [3.63, 3.8) is 0 Å². The number of ether oxygens (including phenoxy) is 2. The summed E-state index contributed by atoms with van der Waals surface area (Å²) >= 11 is 0. The molecule has 3 aromatic rings. The number of carbonyl (C=O) groups excluding carboxylic acids is 3. The summed E-state index contributed by atoms with van der Waals surface area (Å²) in [5.74, 6) is -0.278. The van der Waals surface area contributed by atoms with Crippen molar-refractivity contribution in [2.24, 2.45) is 10.8 Å². The van der Waals surface area contributed by atoms with Crippen molar-refractivity contribution in [1.82, 2.24) is 31.4 Å². The van der Waals surface area contributed by atoms with Crippen LogP contribution in [0.25, 0.3) is 11.3 Å². The molecule has 4 atom stereocenters.